The molecule has 0 aliphatic carbocycles. The maximum atomic E-state index is 11.9. The summed E-state index contributed by atoms with van der Waals surface area (Å²) in [6.07, 6.45) is 0. The molecule has 0 bridgehead atoms. The lowest BCUT2D eigenvalue weighted by atomic mass is 10.3. The van der Waals surface area contributed by atoms with Crippen molar-refractivity contribution in [2.45, 2.75) is 0 Å². The number of thiophene rings is 1. The fourth-order valence-electron chi connectivity index (χ4n) is 1.32. The zero-order valence-corrected chi connectivity index (χ0v) is 11.1. The van der Waals surface area contributed by atoms with E-state index < -0.39 is 0 Å². The summed E-state index contributed by atoms with van der Waals surface area (Å²) in [4.78, 5) is 14.3. The van der Waals surface area contributed by atoms with Crippen LogP contribution in [-0.4, -0.2) is 53.7 Å². The average Bonchev–Trinajstić information content (AvgIpc) is 2.65. The van der Waals surface area contributed by atoms with E-state index in [9.17, 15) is 4.79 Å². The highest BCUT2D eigenvalue weighted by atomic mass is 79.9. The quantitative estimate of drug-likeness (QED) is 0.737. The standard InChI is InChI=1S/C10H14BrNO3S/c11-8-1-6-16-10(8)9(15)7-12(2-4-13)3-5-14/h1,6,13-14H,2-5,7H2. The molecule has 2 N–H and O–H groups in total. The van der Waals surface area contributed by atoms with Gasteiger partial charge in [0.1, 0.15) is 0 Å². The van der Waals surface area contributed by atoms with Crippen molar-refractivity contribution < 1.29 is 15.0 Å². The molecular weight excluding hydrogens is 294 g/mol. The third-order valence-corrected chi connectivity index (χ3v) is 3.95. The molecule has 0 saturated carbocycles. The van der Waals surface area contributed by atoms with Crippen LogP contribution in [0.4, 0.5) is 0 Å². The van der Waals surface area contributed by atoms with Gasteiger partial charge in [-0.05, 0) is 27.4 Å². The monoisotopic (exact) mass is 307 g/mol. The molecule has 90 valence electrons. The molecule has 1 aromatic rings. The van der Waals surface area contributed by atoms with Crippen molar-refractivity contribution in [2.24, 2.45) is 0 Å². The highest BCUT2D eigenvalue weighted by Gasteiger charge is 2.15. The average molecular weight is 308 g/mol. The van der Waals surface area contributed by atoms with Gasteiger partial charge in [0.2, 0.25) is 0 Å². The summed E-state index contributed by atoms with van der Waals surface area (Å²) >= 11 is 4.69. The van der Waals surface area contributed by atoms with Crippen molar-refractivity contribution in [3.8, 4) is 0 Å². The number of nitrogens with zero attached hydrogens (tertiary/aromatic N) is 1. The van der Waals surface area contributed by atoms with Gasteiger partial charge < -0.3 is 10.2 Å². The largest absolute Gasteiger partial charge is 0.395 e. The lowest BCUT2D eigenvalue weighted by molar-refractivity contribution is 0.0897. The summed E-state index contributed by atoms with van der Waals surface area (Å²) in [5.41, 5.74) is 0. The molecule has 4 nitrogen and oxygen atoms in total. The van der Waals surface area contributed by atoms with Crippen molar-refractivity contribution in [1.82, 2.24) is 4.90 Å². The van der Waals surface area contributed by atoms with Gasteiger partial charge in [-0.1, -0.05) is 0 Å². The number of aliphatic hydroxyl groups excluding tert-OH is 2. The maximum absolute atomic E-state index is 11.9. The van der Waals surface area contributed by atoms with Gasteiger partial charge in [0.25, 0.3) is 0 Å². The molecule has 0 aromatic carbocycles. The Morgan fingerprint density at radius 1 is 1.38 bits per heavy atom. The topological polar surface area (TPSA) is 60.8 Å². The van der Waals surface area contributed by atoms with Crippen LogP contribution in [0.3, 0.4) is 0 Å². The Balaban J connectivity index is 2.58. The third-order valence-electron chi connectivity index (χ3n) is 2.07. The second kappa shape index (κ2) is 7.13. The number of aliphatic hydroxyl groups is 2. The first-order valence-electron chi connectivity index (χ1n) is 4.89. The van der Waals surface area contributed by atoms with Gasteiger partial charge in [0.15, 0.2) is 5.78 Å². The molecule has 0 fully saturated rings. The van der Waals surface area contributed by atoms with Gasteiger partial charge in [0, 0.05) is 17.6 Å². The summed E-state index contributed by atoms with van der Waals surface area (Å²) in [5.74, 6) is 0.00350. The normalized spacial score (nSPS) is 11.0. The van der Waals surface area contributed by atoms with Crippen LogP contribution in [0, 0.1) is 0 Å². The summed E-state index contributed by atoms with van der Waals surface area (Å²) in [5, 5.41) is 19.5. The second-order valence-electron chi connectivity index (χ2n) is 3.24. The van der Waals surface area contributed by atoms with E-state index >= 15 is 0 Å². The van der Waals surface area contributed by atoms with E-state index in [-0.39, 0.29) is 25.5 Å². The molecule has 0 unspecified atom stereocenters. The zero-order chi connectivity index (χ0) is 12.0. The highest BCUT2D eigenvalue weighted by molar-refractivity contribution is 9.10. The third kappa shape index (κ3) is 3.95. The fourth-order valence-corrected chi connectivity index (χ4v) is 2.85. The van der Waals surface area contributed by atoms with Crippen LogP contribution >= 0.6 is 27.3 Å². The Bertz CT molecular complexity index is 337. The molecule has 0 aliphatic heterocycles. The number of Topliss-reactive ketones (excluding diaryl/α,β-unsaturated/α-hetero) is 1. The van der Waals surface area contributed by atoms with Crippen molar-refractivity contribution in [3.05, 3.63) is 20.8 Å². The number of ketones is 1. The van der Waals surface area contributed by atoms with E-state index in [1.54, 1.807) is 4.90 Å². The number of halogens is 1. The molecule has 1 rings (SSSR count). The van der Waals surface area contributed by atoms with Crippen LogP contribution in [-0.2, 0) is 0 Å². The molecule has 0 amide bonds. The highest BCUT2D eigenvalue weighted by Crippen LogP contribution is 2.23. The van der Waals surface area contributed by atoms with Gasteiger partial charge in [-0.15, -0.1) is 11.3 Å². The first-order chi connectivity index (χ1) is 7.69. The molecular formula is C10H14BrNO3S. The van der Waals surface area contributed by atoms with E-state index in [0.29, 0.717) is 18.0 Å². The Kier molecular flexibility index (Phi) is 6.15. The van der Waals surface area contributed by atoms with Crippen LogP contribution < -0.4 is 0 Å². The van der Waals surface area contributed by atoms with E-state index in [0.717, 1.165) is 4.47 Å². The van der Waals surface area contributed by atoms with E-state index in [1.807, 2.05) is 11.4 Å². The Morgan fingerprint density at radius 3 is 2.44 bits per heavy atom. The van der Waals surface area contributed by atoms with Gasteiger partial charge in [0.05, 0.1) is 24.6 Å². The van der Waals surface area contributed by atoms with Crippen LogP contribution in [0.5, 0.6) is 0 Å². The van der Waals surface area contributed by atoms with Gasteiger partial charge in [-0.25, -0.2) is 0 Å². The SMILES string of the molecule is O=C(CN(CCO)CCO)c1sccc1Br. The zero-order valence-electron chi connectivity index (χ0n) is 8.73. The van der Waals surface area contributed by atoms with Crippen molar-refractivity contribution >= 4 is 33.0 Å². The maximum Gasteiger partial charge on any atom is 0.187 e. The molecule has 6 heteroatoms. The predicted molar refractivity (Wildman–Crippen MR) is 67.0 cm³/mol. The summed E-state index contributed by atoms with van der Waals surface area (Å²) in [6, 6.07) is 1.83. The van der Waals surface area contributed by atoms with Gasteiger partial charge in [-0.3, -0.25) is 9.69 Å². The van der Waals surface area contributed by atoms with Gasteiger partial charge in [-0.2, -0.15) is 0 Å². The van der Waals surface area contributed by atoms with Crippen molar-refractivity contribution in [3.63, 3.8) is 0 Å². The lowest BCUT2D eigenvalue weighted by Gasteiger charge is -2.18. The minimum absolute atomic E-state index is 0.00350. The second-order valence-corrected chi connectivity index (χ2v) is 5.01. The Morgan fingerprint density at radius 2 is 2.00 bits per heavy atom. The number of carbonyl (C=O) groups is 1. The van der Waals surface area contributed by atoms with E-state index in [1.165, 1.54) is 11.3 Å². The Hall–Kier alpha value is -0.270. The molecule has 0 aliphatic rings. The number of hydrogen-bond acceptors (Lipinski definition) is 5. The summed E-state index contributed by atoms with van der Waals surface area (Å²) in [7, 11) is 0. The van der Waals surface area contributed by atoms with Crippen molar-refractivity contribution in [1.29, 1.82) is 0 Å². The first-order valence-corrected chi connectivity index (χ1v) is 6.56. The van der Waals surface area contributed by atoms with Crippen molar-refractivity contribution in [2.75, 3.05) is 32.8 Å². The number of hydrogen-bond donors (Lipinski definition) is 2. The minimum atomic E-state index is -0.0150. The number of carbonyl (C=O) groups excluding carboxylic acids is 1. The summed E-state index contributed by atoms with van der Waals surface area (Å²) in [6.45, 7) is 0.989. The van der Waals surface area contributed by atoms with E-state index in [2.05, 4.69) is 15.9 Å². The molecule has 0 atom stereocenters. The molecule has 0 radical (unpaired) electrons. The lowest BCUT2D eigenvalue weighted by Crippen LogP contribution is -2.34. The predicted octanol–water partition coefficient (Wildman–Crippen LogP) is 0.980. The fraction of sp³-hybridized carbons (Fsp3) is 0.500. The minimum Gasteiger partial charge on any atom is -0.395 e. The first kappa shape index (κ1) is 13.8. The molecule has 0 spiro atoms. The molecule has 1 aromatic heterocycles. The van der Waals surface area contributed by atoms with Gasteiger partial charge >= 0.3 is 0 Å². The van der Waals surface area contributed by atoms with Crippen LogP contribution in [0.2, 0.25) is 0 Å². The summed E-state index contributed by atoms with van der Waals surface area (Å²) < 4.78 is 0.801. The van der Waals surface area contributed by atoms with Crippen LogP contribution in [0.25, 0.3) is 0 Å². The number of rotatable bonds is 7. The van der Waals surface area contributed by atoms with Crippen LogP contribution in [0.15, 0.2) is 15.9 Å². The molecule has 1 heterocycles. The van der Waals surface area contributed by atoms with E-state index in [4.69, 9.17) is 10.2 Å². The molecule has 0 saturated heterocycles. The van der Waals surface area contributed by atoms with Crippen LogP contribution in [0.1, 0.15) is 9.67 Å². The smallest absolute Gasteiger partial charge is 0.187 e. The molecule has 16 heavy (non-hydrogen) atoms. The Labute approximate surface area is 107 Å².